The predicted molar refractivity (Wildman–Crippen MR) is 118 cm³/mol. The van der Waals surface area contributed by atoms with E-state index in [0.29, 0.717) is 22.5 Å². The normalized spacial score (nSPS) is 10.9. The van der Waals surface area contributed by atoms with Crippen LogP contribution in [0.25, 0.3) is 11.4 Å². The second kappa shape index (κ2) is 8.73. The molecule has 0 radical (unpaired) electrons. The van der Waals surface area contributed by atoms with Crippen molar-refractivity contribution >= 4 is 39.7 Å². The summed E-state index contributed by atoms with van der Waals surface area (Å²) in [5, 5.41) is 15.8. The predicted octanol–water partition coefficient (Wildman–Crippen LogP) is 4.75. The topological polar surface area (TPSA) is 76.8 Å². The van der Waals surface area contributed by atoms with E-state index in [1.165, 1.54) is 16.1 Å². The van der Waals surface area contributed by atoms with Gasteiger partial charge in [-0.25, -0.2) is 4.98 Å². The van der Waals surface area contributed by atoms with Crippen molar-refractivity contribution in [2.24, 2.45) is 0 Å². The maximum atomic E-state index is 12.4. The van der Waals surface area contributed by atoms with Gasteiger partial charge in [-0.3, -0.25) is 9.69 Å². The number of hydrogen-bond acceptors (Lipinski definition) is 6. The van der Waals surface area contributed by atoms with Gasteiger partial charge in [0, 0.05) is 22.9 Å². The molecule has 7 nitrogen and oxygen atoms in total. The minimum absolute atomic E-state index is 0.0827. The van der Waals surface area contributed by atoms with Crippen LogP contribution in [0.3, 0.4) is 0 Å². The number of carbonyl (C=O) groups excluding carboxylic acids is 1. The molecule has 0 saturated heterocycles. The van der Waals surface area contributed by atoms with Crippen LogP contribution in [0.15, 0.2) is 53.9 Å². The smallest absolute Gasteiger partial charge is 0.230 e. The van der Waals surface area contributed by atoms with Crippen molar-refractivity contribution in [3.05, 3.63) is 70.2 Å². The fourth-order valence-corrected chi connectivity index (χ4v) is 4.07. The molecule has 2 aromatic carbocycles. The number of hydrogen-bond donors (Lipinski definition) is 0. The Labute approximate surface area is 182 Å². The zero-order chi connectivity index (χ0) is 21.1. The van der Waals surface area contributed by atoms with Gasteiger partial charge in [-0.05, 0) is 47.5 Å². The van der Waals surface area contributed by atoms with E-state index in [4.69, 9.17) is 11.6 Å². The van der Waals surface area contributed by atoms with E-state index in [9.17, 15) is 4.79 Å². The van der Waals surface area contributed by atoms with E-state index in [2.05, 4.69) is 27.3 Å². The molecule has 1 amide bonds. The molecule has 0 N–H and O–H groups in total. The molecule has 0 fully saturated rings. The first kappa shape index (κ1) is 20.2. The van der Waals surface area contributed by atoms with E-state index in [1.807, 2.05) is 41.8 Å². The molecular formula is C21H19ClN6OS. The van der Waals surface area contributed by atoms with Gasteiger partial charge >= 0.3 is 0 Å². The number of amides is 1. The molecule has 0 spiro atoms. The number of aryl methyl sites for hydroxylation is 1. The third-order valence-electron chi connectivity index (χ3n) is 4.52. The zero-order valence-electron chi connectivity index (χ0n) is 16.5. The number of tetrazole rings is 1. The molecule has 0 bridgehead atoms. The van der Waals surface area contributed by atoms with Crippen molar-refractivity contribution in [2.45, 2.75) is 26.8 Å². The summed E-state index contributed by atoms with van der Waals surface area (Å²) in [5.74, 6) is 0.435. The van der Waals surface area contributed by atoms with Gasteiger partial charge in [-0.2, -0.15) is 4.80 Å². The maximum absolute atomic E-state index is 12.4. The molecule has 0 atom stereocenters. The minimum atomic E-state index is -0.0827. The number of aromatic nitrogens is 5. The van der Waals surface area contributed by atoms with E-state index in [0.717, 1.165) is 28.9 Å². The van der Waals surface area contributed by atoms with Crippen molar-refractivity contribution in [3.8, 4) is 11.4 Å². The lowest BCUT2D eigenvalue weighted by Crippen LogP contribution is -2.23. The average molecular weight is 439 g/mol. The highest BCUT2D eigenvalue weighted by molar-refractivity contribution is 7.14. The van der Waals surface area contributed by atoms with Crippen LogP contribution in [0.5, 0.6) is 0 Å². The number of halogens is 1. The molecule has 2 heterocycles. The Morgan fingerprint density at radius 2 is 1.93 bits per heavy atom. The summed E-state index contributed by atoms with van der Waals surface area (Å²) >= 11 is 7.34. The van der Waals surface area contributed by atoms with Gasteiger partial charge in [0.25, 0.3) is 0 Å². The molecule has 0 unspecified atom stereocenters. The zero-order valence-corrected chi connectivity index (χ0v) is 18.1. The third-order valence-corrected chi connectivity index (χ3v) is 5.64. The fourth-order valence-electron chi connectivity index (χ4n) is 3.08. The van der Waals surface area contributed by atoms with Gasteiger partial charge in [0.1, 0.15) is 6.54 Å². The number of anilines is 2. The second-order valence-electron chi connectivity index (χ2n) is 6.61. The van der Waals surface area contributed by atoms with Gasteiger partial charge < -0.3 is 0 Å². The Morgan fingerprint density at radius 3 is 2.67 bits per heavy atom. The number of thiazole rings is 1. The van der Waals surface area contributed by atoms with Crippen LogP contribution in [0, 0.1) is 0 Å². The highest BCUT2D eigenvalue weighted by atomic mass is 35.5. The van der Waals surface area contributed by atoms with Crippen LogP contribution >= 0.6 is 22.9 Å². The summed E-state index contributed by atoms with van der Waals surface area (Å²) in [6, 6.07) is 15.1. The summed E-state index contributed by atoms with van der Waals surface area (Å²) in [6.07, 6.45) is 0.828. The number of nitrogens with zero attached hydrogens (tertiary/aromatic N) is 6. The third kappa shape index (κ3) is 4.24. The van der Waals surface area contributed by atoms with Crippen LogP contribution in [0.4, 0.5) is 10.8 Å². The lowest BCUT2D eigenvalue weighted by Gasteiger charge is -2.20. The Kier molecular flexibility index (Phi) is 5.87. The lowest BCUT2D eigenvalue weighted by molar-refractivity contribution is -0.115. The maximum Gasteiger partial charge on any atom is 0.230 e. The van der Waals surface area contributed by atoms with E-state index in [1.54, 1.807) is 24.0 Å². The summed E-state index contributed by atoms with van der Waals surface area (Å²) in [7, 11) is 0. The first-order chi connectivity index (χ1) is 14.5. The number of rotatable bonds is 6. The molecule has 0 aliphatic rings. The monoisotopic (exact) mass is 438 g/mol. The van der Waals surface area contributed by atoms with Crippen LogP contribution in [-0.4, -0.2) is 31.1 Å². The quantitative estimate of drug-likeness (QED) is 0.434. The fraction of sp³-hybridized carbons (Fsp3) is 0.190. The number of para-hydroxylation sites is 1. The number of benzene rings is 2. The summed E-state index contributed by atoms with van der Waals surface area (Å²) < 4.78 is 0. The van der Waals surface area contributed by atoms with Crippen LogP contribution in [0.1, 0.15) is 25.1 Å². The molecule has 2 aromatic heterocycles. The van der Waals surface area contributed by atoms with Gasteiger partial charge in [-0.1, -0.05) is 36.7 Å². The first-order valence-corrected chi connectivity index (χ1v) is 10.7. The molecule has 0 aliphatic heterocycles. The SMILES string of the molecule is CCc1ccccc1N(C(C)=O)c1nc(Cn2nnc(-c3ccc(Cl)cc3)n2)cs1. The molecular weight excluding hydrogens is 420 g/mol. The Morgan fingerprint density at radius 1 is 1.17 bits per heavy atom. The van der Waals surface area contributed by atoms with Crippen molar-refractivity contribution in [2.75, 3.05) is 4.90 Å². The molecule has 0 aliphatic carbocycles. The Balaban J connectivity index is 1.56. The molecule has 4 rings (SSSR count). The average Bonchev–Trinajstić information content (AvgIpc) is 3.39. The van der Waals surface area contributed by atoms with Crippen LogP contribution in [-0.2, 0) is 17.8 Å². The van der Waals surface area contributed by atoms with Gasteiger partial charge in [0.15, 0.2) is 5.13 Å². The van der Waals surface area contributed by atoms with Crippen molar-refractivity contribution < 1.29 is 4.79 Å². The van der Waals surface area contributed by atoms with Crippen LogP contribution in [0.2, 0.25) is 5.02 Å². The van der Waals surface area contributed by atoms with Crippen LogP contribution < -0.4 is 4.90 Å². The molecule has 9 heteroatoms. The van der Waals surface area contributed by atoms with Gasteiger partial charge in [0.2, 0.25) is 11.7 Å². The Bertz CT molecular complexity index is 1170. The summed E-state index contributed by atoms with van der Waals surface area (Å²) in [6.45, 7) is 3.97. The van der Waals surface area contributed by atoms with Crippen molar-refractivity contribution in [3.63, 3.8) is 0 Å². The molecule has 0 saturated carbocycles. The lowest BCUT2D eigenvalue weighted by atomic mass is 10.1. The molecule has 4 aromatic rings. The summed E-state index contributed by atoms with van der Waals surface area (Å²) in [4.78, 5) is 20.2. The van der Waals surface area contributed by atoms with E-state index >= 15 is 0 Å². The highest BCUT2D eigenvalue weighted by Crippen LogP contribution is 2.31. The summed E-state index contributed by atoms with van der Waals surface area (Å²) in [5.41, 5.74) is 3.55. The Hall–Kier alpha value is -3.10. The molecule has 30 heavy (non-hydrogen) atoms. The van der Waals surface area contributed by atoms with E-state index in [-0.39, 0.29) is 5.91 Å². The number of carbonyl (C=O) groups is 1. The second-order valence-corrected chi connectivity index (χ2v) is 7.88. The minimum Gasteiger partial charge on any atom is -0.274 e. The van der Waals surface area contributed by atoms with Gasteiger partial charge in [-0.15, -0.1) is 21.5 Å². The molecule has 152 valence electrons. The standard InChI is InChI=1S/C21H19ClN6OS/c1-3-15-6-4-5-7-19(15)28(14(2)29)21-23-18(13-30-21)12-27-25-20(24-26-27)16-8-10-17(22)11-9-16/h4-11,13H,3,12H2,1-2H3. The van der Waals surface area contributed by atoms with Gasteiger partial charge in [0.05, 0.1) is 11.4 Å². The van der Waals surface area contributed by atoms with E-state index < -0.39 is 0 Å². The van der Waals surface area contributed by atoms with Crippen molar-refractivity contribution in [1.29, 1.82) is 0 Å². The first-order valence-electron chi connectivity index (χ1n) is 9.42. The highest BCUT2D eigenvalue weighted by Gasteiger charge is 2.20. The largest absolute Gasteiger partial charge is 0.274 e. The van der Waals surface area contributed by atoms with Crippen molar-refractivity contribution in [1.82, 2.24) is 25.2 Å².